The quantitative estimate of drug-likeness (QED) is 0.776. The van der Waals surface area contributed by atoms with E-state index in [9.17, 15) is 13.2 Å². The molecule has 1 saturated carbocycles. The summed E-state index contributed by atoms with van der Waals surface area (Å²) in [5.74, 6) is 0.498. The van der Waals surface area contributed by atoms with Gasteiger partial charge in [0, 0.05) is 25.7 Å². The Morgan fingerprint density at radius 2 is 2.00 bits per heavy atom. The van der Waals surface area contributed by atoms with Crippen LogP contribution >= 0.6 is 11.8 Å². The fourth-order valence-electron chi connectivity index (χ4n) is 3.35. The number of nitrogens with zero attached hydrogens (tertiary/aromatic N) is 2. The van der Waals surface area contributed by atoms with Crippen molar-refractivity contribution in [2.24, 2.45) is 0 Å². The SMILES string of the molecule is CSC1(C(=O)N2CCC[C@H](N3CCCS3(=O)=O)C2)CC1. The average molecular weight is 318 g/mol. The van der Waals surface area contributed by atoms with E-state index in [4.69, 9.17) is 0 Å². The van der Waals surface area contributed by atoms with E-state index in [0.717, 1.165) is 38.6 Å². The number of hydrogen-bond donors (Lipinski definition) is 0. The highest BCUT2D eigenvalue weighted by Crippen LogP contribution is 2.48. The van der Waals surface area contributed by atoms with E-state index in [1.807, 2.05) is 11.2 Å². The van der Waals surface area contributed by atoms with Crippen molar-refractivity contribution in [3.63, 3.8) is 0 Å². The molecule has 0 unspecified atom stereocenters. The van der Waals surface area contributed by atoms with Crippen molar-refractivity contribution in [1.29, 1.82) is 0 Å². The molecule has 0 aromatic rings. The molecular formula is C13H22N2O3S2. The first-order valence-electron chi connectivity index (χ1n) is 7.33. The summed E-state index contributed by atoms with van der Waals surface area (Å²) in [7, 11) is -3.07. The highest BCUT2D eigenvalue weighted by molar-refractivity contribution is 8.01. The van der Waals surface area contributed by atoms with E-state index in [1.54, 1.807) is 16.1 Å². The summed E-state index contributed by atoms with van der Waals surface area (Å²) in [5.41, 5.74) is 0. The van der Waals surface area contributed by atoms with E-state index < -0.39 is 10.0 Å². The minimum absolute atomic E-state index is 0.00199. The summed E-state index contributed by atoms with van der Waals surface area (Å²) in [4.78, 5) is 14.5. The smallest absolute Gasteiger partial charge is 0.238 e. The fraction of sp³-hybridized carbons (Fsp3) is 0.923. The van der Waals surface area contributed by atoms with Crippen molar-refractivity contribution in [1.82, 2.24) is 9.21 Å². The van der Waals surface area contributed by atoms with E-state index in [2.05, 4.69) is 0 Å². The van der Waals surface area contributed by atoms with Crippen LogP contribution in [0.1, 0.15) is 32.1 Å². The number of rotatable bonds is 3. The lowest BCUT2D eigenvalue weighted by molar-refractivity contribution is -0.133. The van der Waals surface area contributed by atoms with Gasteiger partial charge in [-0.1, -0.05) is 0 Å². The number of hydrogen-bond acceptors (Lipinski definition) is 4. The fourth-order valence-corrected chi connectivity index (χ4v) is 5.93. The largest absolute Gasteiger partial charge is 0.340 e. The van der Waals surface area contributed by atoms with Gasteiger partial charge in [-0.3, -0.25) is 4.79 Å². The van der Waals surface area contributed by atoms with Crippen LogP contribution in [0.5, 0.6) is 0 Å². The van der Waals surface area contributed by atoms with Gasteiger partial charge in [-0.15, -0.1) is 11.8 Å². The lowest BCUT2D eigenvalue weighted by atomic mass is 10.0. The Balaban J connectivity index is 1.69. The number of carbonyl (C=O) groups is 1. The maximum atomic E-state index is 12.6. The van der Waals surface area contributed by atoms with Gasteiger partial charge in [-0.25, -0.2) is 8.42 Å². The van der Waals surface area contributed by atoms with Crippen molar-refractivity contribution < 1.29 is 13.2 Å². The molecule has 20 heavy (non-hydrogen) atoms. The minimum Gasteiger partial charge on any atom is -0.340 e. The van der Waals surface area contributed by atoms with Crippen LogP contribution in [0.3, 0.4) is 0 Å². The van der Waals surface area contributed by atoms with Crippen molar-refractivity contribution in [2.45, 2.75) is 42.9 Å². The Bertz CT molecular complexity index is 502. The van der Waals surface area contributed by atoms with Gasteiger partial charge in [0.25, 0.3) is 0 Å². The molecule has 1 aliphatic carbocycles. The van der Waals surface area contributed by atoms with E-state index in [-0.39, 0.29) is 22.4 Å². The van der Waals surface area contributed by atoms with E-state index in [0.29, 0.717) is 13.1 Å². The van der Waals surface area contributed by atoms with Crippen molar-refractivity contribution >= 4 is 27.7 Å². The standard InChI is InChI=1S/C13H22N2O3S2/c1-19-13(5-6-13)12(16)14-7-2-4-11(10-14)15-8-3-9-20(15,17)18/h11H,2-10H2,1H3/t11-/m0/s1. The molecule has 0 bridgehead atoms. The zero-order chi connectivity index (χ0) is 14.4. The number of piperidine rings is 1. The lowest BCUT2D eigenvalue weighted by Crippen LogP contribution is -2.52. The second kappa shape index (κ2) is 5.18. The summed E-state index contributed by atoms with van der Waals surface area (Å²) < 4.78 is 25.5. The normalized spacial score (nSPS) is 32.2. The molecule has 3 aliphatic rings. The molecule has 3 rings (SSSR count). The second-order valence-electron chi connectivity index (χ2n) is 6.03. The Morgan fingerprint density at radius 1 is 1.25 bits per heavy atom. The predicted octanol–water partition coefficient (Wildman–Crippen LogP) is 0.908. The third-order valence-electron chi connectivity index (χ3n) is 4.71. The zero-order valence-electron chi connectivity index (χ0n) is 11.9. The number of carbonyl (C=O) groups excluding carboxylic acids is 1. The van der Waals surface area contributed by atoms with Gasteiger partial charge in [0.15, 0.2) is 0 Å². The monoisotopic (exact) mass is 318 g/mol. The molecule has 2 saturated heterocycles. The summed E-state index contributed by atoms with van der Waals surface area (Å²) in [6.07, 6.45) is 6.45. The Labute approximate surface area is 125 Å². The maximum absolute atomic E-state index is 12.6. The van der Waals surface area contributed by atoms with Gasteiger partial charge in [-0.2, -0.15) is 4.31 Å². The topological polar surface area (TPSA) is 57.7 Å². The summed E-state index contributed by atoms with van der Waals surface area (Å²) >= 11 is 1.65. The Kier molecular flexibility index (Phi) is 3.79. The maximum Gasteiger partial charge on any atom is 0.238 e. The molecule has 0 N–H and O–H groups in total. The first-order chi connectivity index (χ1) is 9.48. The first-order valence-corrected chi connectivity index (χ1v) is 10.2. The summed E-state index contributed by atoms with van der Waals surface area (Å²) in [6.45, 7) is 1.99. The zero-order valence-corrected chi connectivity index (χ0v) is 13.5. The van der Waals surface area contributed by atoms with Crippen LogP contribution in [0.4, 0.5) is 0 Å². The van der Waals surface area contributed by atoms with Crippen LogP contribution in [-0.2, 0) is 14.8 Å². The summed E-state index contributed by atoms with van der Waals surface area (Å²) in [5, 5.41) is 0. The number of thioether (sulfide) groups is 1. The highest BCUT2D eigenvalue weighted by atomic mass is 32.2. The molecule has 0 spiro atoms. The molecule has 114 valence electrons. The Hall–Kier alpha value is -0.270. The van der Waals surface area contributed by atoms with Gasteiger partial charge < -0.3 is 4.90 Å². The predicted molar refractivity (Wildman–Crippen MR) is 80.2 cm³/mol. The van der Waals surface area contributed by atoms with Crippen LogP contribution < -0.4 is 0 Å². The molecular weight excluding hydrogens is 296 g/mol. The number of amides is 1. The third-order valence-corrected chi connectivity index (χ3v) is 8.08. The molecule has 2 aliphatic heterocycles. The molecule has 5 nitrogen and oxygen atoms in total. The molecule has 0 aromatic heterocycles. The van der Waals surface area contributed by atoms with Crippen molar-refractivity contribution in [3.8, 4) is 0 Å². The van der Waals surface area contributed by atoms with Crippen molar-refractivity contribution in [2.75, 3.05) is 31.6 Å². The molecule has 0 aromatic carbocycles. The molecule has 0 radical (unpaired) electrons. The van der Waals surface area contributed by atoms with E-state index in [1.165, 1.54) is 0 Å². The van der Waals surface area contributed by atoms with Crippen LogP contribution in [0.2, 0.25) is 0 Å². The van der Waals surface area contributed by atoms with Crippen LogP contribution in [0.25, 0.3) is 0 Å². The average Bonchev–Trinajstić information content (AvgIpc) is 3.16. The molecule has 7 heteroatoms. The number of sulfonamides is 1. The molecule has 1 atom stereocenters. The minimum atomic E-state index is -3.07. The molecule has 3 fully saturated rings. The van der Waals surface area contributed by atoms with Gasteiger partial charge in [-0.05, 0) is 38.4 Å². The highest BCUT2D eigenvalue weighted by Gasteiger charge is 2.52. The second-order valence-corrected chi connectivity index (χ2v) is 9.26. The van der Waals surface area contributed by atoms with Crippen LogP contribution in [-0.4, -0.2) is 66.0 Å². The van der Waals surface area contributed by atoms with Gasteiger partial charge >= 0.3 is 0 Å². The van der Waals surface area contributed by atoms with Crippen LogP contribution in [0, 0.1) is 0 Å². The van der Waals surface area contributed by atoms with Crippen molar-refractivity contribution in [3.05, 3.63) is 0 Å². The Morgan fingerprint density at radius 3 is 2.55 bits per heavy atom. The lowest BCUT2D eigenvalue weighted by Gasteiger charge is -2.38. The van der Waals surface area contributed by atoms with E-state index >= 15 is 0 Å². The summed E-state index contributed by atoms with van der Waals surface area (Å²) in [6, 6.07) is -0.00199. The first kappa shape index (κ1) is 14.7. The van der Waals surface area contributed by atoms with Gasteiger partial charge in [0.1, 0.15) is 0 Å². The number of likely N-dealkylation sites (tertiary alicyclic amines) is 1. The van der Waals surface area contributed by atoms with Gasteiger partial charge in [0.05, 0.1) is 10.5 Å². The molecule has 2 heterocycles. The van der Waals surface area contributed by atoms with Gasteiger partial charge in [0.2, 0.25) is 15.9 Å². The third kappa shape index (κ3) is 2.48. The van der Waals surface area contributed by atoms with Crippen LogP contribution in [0.15, 0.2) is 0 Å². The molecule has 1 amide bonds.